The van der Waals surface area contributed by atoms with Gasteiger partial charge in [-0.3, -0.25) is 4.68 Å². The third-order valence-corrected chi connectivity index (χ3v) is 6.00. The molecule has 0 radical (unpaired) electrons. The van der Waals surface area contributed by atoms with Crippen LogP contribution in [0.25, 0.3) is 0 Å². The van der Waals surface area contributed by atoms with Gasteiger partial charge in [-0.25, -0.2) is 13.1 Å². The molecule has 2 unspecified atom stereocenters. The number of sulfonamides is 1. The van der Waals surface area contributed by atoms with Crippen molar-refractivity contribution in [3.05, 3.63) is 12.4 Å². The molecular weight excluding hydrogens is 330 g/mol. The third kappa shape index (κ3) is 3.79. The Morgan fingerprint density at radius 2 is 2.11 bits per heavy atom. The summed E-state index contributed by atoms with van der Waals surface area (Å²) in [6.45, 7) is 0.521. The van der Waals surface area contributed by atoms with Gasteiger partial charge < -0.3 is 0 Å². The second-order valence-corrected chi connectivity index (χ2v) is 7.57. The van der Waals surface area contributed by atoms with Crippen molar-refractivity contribution in [3.63, 3.8) is 0 Å². The van der Waals surface area contributed by atoms with Gasteiger partial charge in [-0.1, -0.05) is 28.8 Å². The molecular formula is C12H20BrN3O2S. The summed E-state index contributed by atoms with van der Waals surface area (Å²) in [6.07, 6.45) is 7.64. The molecule has 1 fully saturated rings. The zero-order valence-corrected chi connectivity index (χ0v) is 13.5. The minimum Gasteiger partial charge on any atom is -0.274 e. The van der Waals surface area contributed by atoms with Gasteiger partial charge in [-0.2, -0.15) is 5.10 Å². The third-order valence-electron chi connectivity index (χ3n) is 3.79. The van der Waals surface area contributed by atoms with Crippen molar-refractivity contribution in [2.24, 2.45) is 18.9 Å². The molecule has 0 amide bonds. The first kappa shape index (κ1) is 15.0. The Morgan fingerprint density at radius 1 is 1.42 bits per heavy atom. The zero-order chi connectivity index (χ0) is 13.9. The molecule has 0 bridgehead atoms. The number of nitrogens with zero attached hydrogens (tertiary/aromatic N) is 2. The van der Waals surface area contributed by atoms with Crippen LogP contribution in [-0.2, 0) is 17.1 Å². The summed E-state index contributed by atoms with van der Waals surface area (Å²) >= 11 is 3.53. The van der Waals surface area contributed by atoms with Crippen LogP contribution in [0, 0.1) is 11.8 Å². The van der Waals surface area contributed by atoms with Crippen LogP contribution in [0.4, 0.5) is 0 Å². The fourth-order valence-electron chi connectivity index (χ4n) is 2.59. The average molecular weight is 350 g/mol. The van der Waals surface area contributed by atoms with Crippen LogP contribution in [0.2, 0.25) is 0 Å². The Hall–Kier alpha value is -0.400. The molecule has 1 saturated carbocycles. The van der Waals surface area contributed by atoms with E-state index in [1.165, 1.54) is 36.3 Å². The van der Waals surface area contributed by atoms with E-state index in [9.17, 15) is 8.42 Å². The lowest BCUT2D eigenvalue weighted by molar-refractivity contribution is 0.263. The largest absolute Gasteiger partial charge is 0.274 e. The van der Waals surface area contributed by atoms with Crippen LogP contribution in [0.5, 0.6) is 0 Å². The van der Waals surface area contributed by atoms with E-state index in [0.717, 1.165) is 11.8 Å². The summed E-state index contributed by atoms with van der Waals surface area (Å²) in [5.41, 5.74) is 0. The van der Waals surface area contributed by atoms with E-state index in [1.807, 2.05) is 0 Å². The van der Waals surface area contributed by atoms with Crippen molar-refractivity contribution in [2.75, 3.05) is 11.9 Å². The minimum atomic E-state index is -3.42. The lowest BCUT2D eigenvalue weighted by atomic mass is 9.80. The van der Waals surface area contributed by atoms with Crippen molar-refractivity contribution < 1.29 is 8.42 Å². The lowest BCUT2D eigenvalue weighted by Crippen LogP contribution is -2.34. The molecule has 19 heavy (non-hydrogen) atoms. The Labute approximate surface area is 122 Å². The van der Waals surface area contributed by atoms with E-state index in [2.05, 4.69) is 25.8 Å². The molecule has 5 nitrogen and oxygen atoms in total. The summed E-state index contributed by atoms with van der Waals surface area (Å²) in [7, 11) is -1.71. The van der Waals surface area contributed by atoms with Crippen LogP contribution in [0.3, 0.4) is 0 Å². The molecule has 1 N–H and O–H groups in total. The molecule has 7 heteroatoms. The van der Waals surface area contributed by atoms with Gasteiger partial charge in [0.05, 0.1) is 6.20 Å². The van der Waals surface area contributed by atoms with Gasteiger partial charge in [0, 0.05) is 25.1 Å². The standard InChI is InChI=1S/C12H20BrN3O2S/c1-16-9-12(8-14-16)19(17,18)15-7-11-5-3-2-4-10(11)6-13/h8-11,15H,2-7H2,1H3. The maximum Gasteiger partial charge on any atom is 0.243 e. The van der Waals surface area contributed by atoms with Crippen molar-refractivity contribution in [1.29, 1.82) is 0 Å². The maximum absolute atomic E-state index is 12.1. The smallest absolute Gasteiger partial charge is 0.243 e. The summed E-state index contributed by atoms with van der Waals surface area (Å²) in [5, 5.41) is 4.85. The van der Waals surface area contributed by atoms with Crippen molar-refractivity contribution >= 4 is 26.0 Å². The first-order valence-electron chi connectivity index (χ1n) is 6.57. The molecule has 0 aromatic carbocycles. The van der Waals surface area contributed by atoms with Crippen molar-refractivity contribution in [2.45, 2.75) is 30.6 Å². The summed E-state index contributed by atoms with van der Waals surface area (Å²) < 4.78 is 28.4. The first-order valence-corrected chi connectivity index (χ1v) is 9.17. The molecule has 2 rings (SSSR count). The number of aromatic nitrogens is 2. The van der Waals surface area contributed by atoms with E-state index >= 15 is 0 Å². The fourth-order valence-corrected chi connectivity index (χ4v) is 4.52. The fraction of sp³-hybridized carbons (Fsp3) is 0.750. The topological polar surface area (TPSA) is 64.0 Å². The number of rotatable bonds is 5. The zero-order valence-electron chi connectivity index (χ0n) is 11.0. The molecule has 1 aromatic rings. The van der Waals surface area contributed by atoms with E-state index in [1.54, 1.807) is 7.05 Å². The summed E-state index contributed by atoms with van der Waals surface area (Å²) in [5.74, 6) is 1.00. The Kier molecular flexibility index (Phi) is 5.03. The molecule has 0 spiro atoms. The molecule has 0 saturated heterocycles. The van der Waals surface area contributed by atoms with Crippen LogP contribution >= 0.6 is 15.9 Å². The Morgan fingerprint density at radius 3 is 2.68 bits per heavy atom. The van der Waals surface area contributed by atoms with Gasteiger partial charge in [-0.05, 0) is 24.7 Å². The quantitative estimate of drug-likeness (QED) is 0.825. The highest BCUT2D eigenvalue weighted by Crippen LogP contribution is 2.31. The molecule has 2 atom stereocenters. The first-order chi connectivity index (χ1) is 9.03. The monoisotopic (exact) mass is 349 g/mol. The van der Waals surface area contributed by atoms with Gasteiger partial charge in [0.25, 0.3) is 0 Å². The molecule has 1 heterocycles. The molecule has 1 aromatic heterocycles. The second-order valence-electron chi connectivity index (χ2n) is 5.16. The average Bonchev–Trinajstić information content (AvgIpc) is 2.84. The summed E-state index contributed by atoms with van der Waals surface area (Å²) in [4.78, 5) is 0.237. The second kappa shape index (κ2) is 6.37. The predicted molar refractivity (Wildman–Crippen MR) is 77.6 cm³/mol. The molecule has 0 aliphatic heterocycles. The highest BCUT2D eigenvalue weighted by Gasteiger charge is 2.26. The lowest BCUT2D eigenvalue weighted by Gasteiger charge is -2.30. The van der Waals surface area contributed by atoms with Crippen LogP contribution < -0.4 is 4.72 Å². The maximum atomic E-state index is 12.1. The van der Waals surface area contributed by atoms with Gasteiger partial charge >= 0.3 is 0 Å². The van der Waals surface area contributed by atoms with Gasteiger partial charge in [-0.15, -0.1) is 0 Å². The van der Waals surface area contributed by atoms with Gasteiger partial charge in [0.15, 0.2) is 0 Å². The Balaban J connectivity index is 1.97. The van der Waals surface area contributed by atoms with E-state index in [4.69, 9.17) is 0 Å². The number of nitrogens with one attached hydrogen (secondary N) is 1. The van der Waals surface area contributed by atoms with Crippen LogP contribution in [0.15, 0.2) is 17.3 Å². The van der Waals surface area contributed by atoms with Crippen LogP contribution in [-0.4, -0.2) is 30.1 Å². The molecule has 108 valence electrons. The van der Waals surface area contributed by atoms with Crippen LogP contribution in [0.1, 0.15) is 25.7 Å². The SMILES string of the molecule is Cn1cc(S(=O)(=O)NCC2CCCCC2CBr)cn1. The van der Waals surface area contributed by atoms with Crippen molar-refractivity contribution in [3.8, 4) is 0 Å². The highest BCUT2D eigenvalue weighted by molar-refractivity contribution is 9.09. The van der Waals surface area contributed by atoms with E-state index in [0.29, 0.717) is 18.4 Å². The minimum absolute atomic E-state index is 0.237. The number of hydrogen-bond donors (Lipinski definition) is 1. The van der Waals surface area contributed by atoms with Crippen molar-refractivity contribution in [1.82, 2.24) is 14.5 Å². The predicted octanol–water partition coefficient (Wildman–Crippen LogP) is 1.90. The number of alkyl halides is 1. The Bertz CT molecular complexity index is 515. The highest BCUT2D eigenvalue weighted by atomic mass is 79.9. The normalized spacial score (nSPS) is 24.5. The molecule has 1 aliphatic carbocycles. The number of aryl methyl sites for hydroxylation is 1. The van der Waals surface area contributed by atoms with Gasteiger partial charge in [0.2, 0.25) is 10.0 Å². The number of hydrogen-bond acceptors (Lipinski definition) is 3. The molecule has 1 aliphatic rings. The summed E-state index contributed by atoms with van der Waals surface area (Å²) in [6, 6.07) is 0. The van der Waals surface area contributed by atoms with E-state index in [-0.39, 0.29) is 4.90 Å². The number of halogens is 1. The van der Waals surface area contributed by atoms with Gasteiger partial charge in [0.1, 0.15) is 4.90 Å². The van der Waals surface area contributed by atoms with E-state index < -0.39 is 10.0 Å².